The van der Waals surface area contributed by atoms with Crippen LogP contribution in [0.5, 0.6) is 0 Å². The van der Waals surface area contributed by atoms with E-state index in [9.17, 15) is 18.0 Å². The first-order valence-electron chi connectivity index (χ1n) is 16.6. The van der Waals surface area contributed by atoms with Crippen molar-refractivity contribution in [1.29, 1.82) is 0 Å². The Labute approximate surface area is 290 Å². The molecule has 0 spiro atoms. The molecule has 5 rings (SSSR count). The third-order valence-corrected chi connectivity index (χ3v) is 11.2. The Bertz CT molecular complexity index is 1820. The number of halogens is 1. The number of carbonyl (C=O) groups excluding carboxylic acids is 2. The molecule has 1 N–H and O–H groups in total. The van der Waals surface area contributed by atoms with Crippen LogP contribution in [0.1, 0.15) is 59.9 Å². The third-order valence-electron chi connectivity index (χ3n) is 9.05. The number of carbonyl (C=O) groups is 2. The number of hydrogen-bond acceptors (Lipinski definition) is 4. The van der Waals surface area contributed by atoms with Crippen LogP contribution in [-0.2, 0) is 32.6 Å². The van der Waals surface area contributed by atoms with Gasteiger partial charge in [0.1, 0.15) is 12.6 Å². The van der Waals surface area contributed by atoms with Crippen LogP contribution in [-0.4, -0.2) is 43.8 Å². The highest BCUT2D eigenvalue weighted by atomic mass is 35.5. The molecule has 0 unspecified atom stereocenters. The van der Waals surface area contributed by atoms with Gasteiger partial charge < -0.3 is 10.2 Å². The van der Waals surface area contributed by atoms with Crippen molar-refractivity contribution in [2.75, 3.05) is 10.8 Å². The van der Waals surface area contributed by atoms with Crippen LogP contribution in [0, 0.1) is 20.8 Å². The van der Waals surface area contributed by atoms with Crippen LogP contribution in [0.3, 0.4) is 0 Å². The summed E-state index contributed by atoms with van der Waals surface area (Å²) in [5.41, 5.74) is 4.51. The highest BCUT2D eigenvalue weighted by Gasteiger charge is 2.36. The Morgan fingerprint density at radius 1 is 0.812 bits per heavy atom. The van der Waals surface area contributed by atoms with E-state index in [4.69, 9.17) is 11.6 Å². The molecular weight excluding hydrogens is 642 g/mol. The molecule has 252 valence electrons. The lowest BCUT2D eigenvalue weighted by atomic mass is 9.94. The van der Waals surface area contributed by atoms with Gasteiger partial charge in [0.25, 0.3) is 10.0 Å². The molecule has 1 aliphatic rings. The fourth-order valence-corrected chi connectivity index (χ4v) is 7.96. The monoisotopic (exact) mass is 685 g/mol. The van der Waals surface area contributed by atoms with Crippen molar-refractivity contribution in [2.45, 2.75) is 82.8 Å². The molecule has 1 atom stereocenters. The predicted octanol–water partition coefficient (Wildman–Crippen LogP) is 7.55. The van der Waals surface area contributed by atoms with Crippen molar-refractivity contribution in [1.82, 2.24) is 10.2 Å². The molecule has 0 aromatic heterocycles. The average molecular weight is 686 g/mol. The summed E-state index contributed by atoms with van der Waals surface area (Å²) in [6.07, 6.45) is 5.30. The van der Waals surface area contributed by atoms with E-state index in [1.54, 1.807) is 54.3 Å². The van der Waals surface area contributed by atoms with Gasteiger partial charge in [-0.3, -0.25) is 13.9 Å². The van der Waals surface area contributed by atoms with Crippen molar-refractivity contribution in [3.05, 3.63) is 130 Å². The normalized spacial score (nSPS) is 14.2. The number of sulfonamides is 1. The number of amides is 2. The topological polar surface area (TPSA) is 86.8 Å². The molecule has 0 saturated heterocycles. The number of nitrogens with zero attached hydrogens (tertiary/aromatic N) is 2. The third kappa shape index (κ3) is 8.65. The van der Waals surface area contributed by atoms with Gasteiger partial charge >= 0.3 is 0 Å². The van der Waals surface area contributed by atoms with Crippen LogP contribution in [0.4, 0.5) is 5.69 Å². The Kier molecular flexibility index (Phi) is 11.6. The Morgan fingerprint density at radius 3 is 2.17 bits per heavy atom. The van der Waals surface area contributed by atoms with Gasteiger partial charge in [-0.05, 0) is 74.6 Å². The molecular formula is C39H44ClN3O4S. The summed E-state index contributed by atoms with van der Waals surface area (Å²) in [6, 6.07) is 28.2. The number of anilines is 1. The van der Waals surface area contributed by atoms with E-state index in [0.717, 1.165) is 58.7 Å². The van der Waals surface area contributed by atoms with Gasteiger partial charge in [-0.25, -0.2) is 8.42 Å². The first-order valence-corrected chi connectivity index (χ1v) is 18.4. The molecule has 0 heterocycles. The van der Waals surface area contributed by atoms with Crippen molar-refractivity contribution in [3.8, 4) is 0 Å². The molecule has 48 heavy (non-hydrogen) atoms. The number of benzene rings is 4. The van der Waals surface area contributed by atoms with Gasteiger partial charge in [-0.15, -0.1) is 0 Å². The lowest BCUT2D eigenvalue weighted by molar-refractivity contribution is -0.140. The molecule has 0 aliphatic heterocycles. The van der Waals surface area contributed by atoms with E-state index in [1.165, 1.54) is 0 Å². The maximum Gasteiger partial charge on any atom is 0.264 e. The minimum Gasteiger partial charge on any atom is -0.352 e. The van der Waals surface area contributed by atoms with Gasteiger partial charge in [0.2, 0.25) is 11.8 Å². The summed E-state index contributed by atoms with van der Waals surface area (Å²) < 4.78 is 29.8. The molecule has 4 aromatic rings. The first-order chi connectivity index (χ1) is 23.0. The zero-order valence-corrected chi connectivity index (χ0v) is 29.4. The van der Waals surface area contributed by atoms with Crippen molar-refractivity contribution in [3.63, 3.8) is 0 Å². The van der Waals surface area contributed by atoms with E-state index in [-0.39, 0.29) is 29.8 Å². The lowest BCUT2D eigenvalue weighted by Crippen LogP contribution is -2.55. The van der Waals surface area contributed by atoms with Crippen molar-refractivity contribution >= 4 is 39.1 Å². The molecule has 4 aromatic carbocycles. The fraction of sp³-hybridized carbons (Fsp3) is 0.333. The quantitative estimate of drug-likeness (QED) is 0.167. The highest BCUT2D eigenvalue weighted by Crippen LogP contribution is 2.31. The second-order valence-corrected chi connectivity index (χ2v) is 15.0. The second-order valence-electron chi connectivity index (χ2n) is 12.8. The minimum absolute atomic E-state index is 0.0352. The Balaban J connectivity index is 1.59. The second kappa shape index (κ2) is 15.8. The standard InChI is InChI=1S/C39H44ClN3O4S/c1-28-20-22-34(23-21-28)48(46,47)43(36-19-11-18-35(40)30(36)3)27-38(44)42(26-32-15-10-12-29(2)24-32)37(25-31-13-6-4-7-14-31)39(45)41-33-16-8-5-9-17-33/h4,6-7,10-15,18-24,33,37H,5,8-9,16-17,25-27H2,1-3H3,(H,41,45)/t37-/m0/s1. The van der Waals surface area contributed by atoms with Crippen LogP contribution >= 0.6 is 11.6 Å². The van der Waals surface area contributed by atoms with Crippen LogP contribution < -0.4 is 9.62 Å². The summed E-state index contributed by atoms with van der Waals surface area (Å²) in [5.74, 6) is -0.732. The summed E-state index contributed by atoms with van der Waals surface area (Å²) in [5, 5.41) is 3.64. The van der Waals surface area contributed by atoms with Crippen molar-refractivity contribution in [2.24, 2.45) is 0 Å². The number of nitrogens with one attached hydrogen (secondary N) is 1. The zero-order chi connectivity index (χ0) is 34.3. The summed E-state index contributed by atoms with van der Waals surface area (Å²) in [6.45, 7) is 5.20. The fourth-order valence-electron chi connectivity index (χ4n) is 6.32. The predicted molar refractivity (Wildman–Crippen MR) is 193 cm³/mol. The lowest BCUT2D eigenvalue weighted by Gasteiger charge is -2.35. The zero-order valence-electron chi connectivity index (χ0n) is 27.9. The molecule has 0 bridgehead atoms. The van der Waals surface area contributed by atoms with E-state index in [2.05, 4.69) is 5.32 Å². The van der Waals surface area contributed by atoms with Gasteiger partial charge in [-0.1, -0.05) is 115 Å². The van der Waals surface area contributed by atoms with Gasteiger partial charge in [0.15, 0.2) is 0 Å². The SMILES string of the molecule is Cc1ccc(S(=O)(=O)N(CC(=O)N(Cc2cccc(C)c2)[C@@H](Cc2ccccc2)C(=O)NC2CCCCC2)c2cccc(Cl)c2C)cc1. The summed E-state index contributed by atoms with van der Waals surface area (Å²) >= 11 is 6.50. The van der Waals surface area contributed by atoms with E-state index >= 15 is 0 Å². The number of hydrogen-bond donors (Lipinski definition) is 1. The minimum atomic E-state index is -4.22. The largest absolute Gasteiger partial charge is 0.352 e. The number of rotatable bonds is 12. The first kappa shape index (κ1) is 35.2. The van der Waals surface area contributed by atoms with E-state index < -0.39 is 28.5 Å². The number of aryl methyl sites for hydroxylation is 2. The van der Waals surface area contributed by atoms with Gasteiger partial charge in [-0.2, -0.15) is 0 Å². The van der Waals surface area contributed by atoms with Crippen molar-refractivity contribution < 1.29 is 18.0 Å². The van der Waals surface area contributed by atoms with E-state index in [0.29, 0.717) is 16.3 Å². The maximum atomic E-state index is 14.8. The molecule has 1 saturated carbocycles. The maximum absolute atomic E-state index is 14.8. The highest BCUT2D eigenvalue weighted by molar-refractivity contribution is 7.92. The van der Waals surface area contributed by atoms with Gasteiger partial charge in [0.05, 0.1) is 10.6 Å². The Hall–Kier alpha value is -4.14. The molecule has 0 radical (unpaired) electrons. The Morgan fingerprint density at radius 2 is 1.48 bits per heavy atom. The smallest absolute Gasteiger partial charge is 0.264 e. The summed E-state index contributed by atoms with van der Waals surface area (Å²) in [4.78, 5) is 30.7. The average Bonchev–Trinajstić information content (AvgIpc) is 3.07. The molecule has 7 nitrogen and oxygen atoms in total. The molecule has 1 aliphatic carbocycles. The van der Waals surface area contributed by atoms with Crippen LogP contribution in [0.2, 0.25) is 5.02 Å². The van der Waals surface area contributed by atoms with Crippen LogP contribution in [0.25, 0.3) is 0 Å². The molecule has 2 amide bonds. The molecule has 1 fully saturated rings. The van der Waals surface area contributed by atoms with Gasteiger partial charge in [0, 0.05) is 24.0 Å². The molecule has 9 heteroatoms. The van der Waals surface area contributed by atoms with E-state index in [1.807, 2.05) is 68.4 Å². The van der Waals surface area contributed by atoms with Crippen LogP contribution in [0.15, 0.2) is 102 Å². The summed E-state index contributed by atoms with van der Waals surface area (Å²) in [7, 11) is -4.22.